The number of aromatic nitrogens is 2. The first-order valence-corrected chi connectivity index (χ1v) is 7.39. The van der Waals surface area contributed by atoms with Gasteiger partial charge in [0.2, 0.25) is 14.9 Å². The Morgan fingerprint density at radius 3 is 2.68 bits per heavy atom. The minimum atomic E-state index is -3.47. The molecule has 0 fully saturated rings. The van der Waals surface area contributed by atoms with E-state index in [0.29, 0.717) is 11.5 Å². The Morgan fingerprint density at radius 2 is 2.11 bits per heavy atom. The molecule has 1 aliphatic rings. The second kappa shape index (κ2) is 4.69. The zero-order valence-corrected chi connectivity index (χ0v) is 11.9. The van der Waals surface area contributed by atoms with Crippen LogP contribution in [0.5, 0.6) is 0 Å². The quantitative estimate of drug-likeness (QED) is 0.858. The van der Waals surface area contributed by atoms with E-state index in [0.717, 1.165) is 0 Å². The van der Waals surface area contributed by atoms with Gasteiger partial charge in [0, 0.05) is 19.5 Å². The summed E-state index contributed by atoms with van der Waals surface area (Å²) in [4.78, 5) is 5.70. The second-order valence-corrected chi connectivity index (χ2v) is 7.00. The van der Waals surface area contributed by atoms with Gasteiger partial charge in [-0.05, 0) is 19.9 Å². The van der Waals surface area contributed by atoms with Crippen LogP contribution in [0, 0.1) is 0 Å². The Kier molecular flexibility index (Phi) is 3.36. The highest BCUT2D eigenvalue weighted by molar-refractivity contribution is 7.92. The summed E-state index contributed by atoms with van der Waals surface area (Å²) in [7, 11) is -1.79. The molecular weight excluding hydrogens is 266 g/mol. The highest BCUT2D eigenvalue weighted by Gasteiger charge is 2.29. The number of allylic oxidation sites excluding steroid dienone is 1. The normalized spacial score (nSPS) is 16.0. The van der Waals surface area contributed by atoms with Gasteiger partial charge in [-0.25, -0.2) is 8.42 Å². The standard InChI is InChI=1S/C11H17N5O2S/c1-8(2)19(17,18)11-9(6-15(3)14-11)16-7-13-5-4-10(16)12/h4-6,8H,7,12H2,1-3H3. The summed E-state index contributed by atoms with van der Waals surface area (Å²) in [5, 5.41) is 3.56. The third kappa shape index (κ3) is 2.35. The lowest BCUT2D eigenvalue weighted by atomic mass is 10.4. The number of hydrogen-bond donors (Lipinski definition) is 1. The fourth-order valence-electron chi connectivity index (χ4n) is 1.71. The number of sulfone groups is 1. The Balaban J connectivity index is 2.54. The summed E-state index contributed by atoms with van der Waals surface area (Å²) in [6.45, 7) is 3.54. The van der Waals surface area contributed by atoms with E-state index in [1.165, 1.54) is 4.68 Å². The first-order valence-electron chi connectivity index (χ1n) is 5.84. The van der Waals surface area contributed by atoms with Gasteiger partial charge in [-0.15, -0.1) is 0 Å². The Bertz CT molecular complexity index is 642. The zero-order chi connectivity index (χ0) is 14.2. The Hall–Kier alpha value is -1.83. The number of hydrogen-bond acceptors (Lipinski definition) is 6. The minimum absolute atomic E-state index is 0.0402. The number of nitrogens with two attached hydrogens (primary N) is 1. The van der Waals surface area contributed by atoms with Gasteiger partial charge in [-0.1, -0.05) is 0 Å². The number of aliphatic imine (C=N–C) groups is 1. The molecule has 0 amide bonds. The van der Waals surface area contributed by atoms with Crippen molar-refractivity contribution >= 4 is 21.7 Å². The lowest BCUT2D eigenvalue weighted by Gasteiger charge is -2.24. The highest BCUT2D eigenvalue weighted by atomic mass is 32.2. The van der Waals surface area contributed by atoms with Crippen molar-refractivity contribution in [3.63, 3.8) is 0 Å². The number of aryl methyl sites for hydroxylation is 1. The highest BCUT2D eigenvalue weighted by Crippen LogP contribution is 2.28. The molecule has 0 unspecified atom stereocenters. The van der Waals surface area contributed by atoms with Gasteiger partial charge in [0.15, 0.2) is 0 Å². The molecular formula is C11H17N5O2S. The molecule has 8 heteroatoms. The maximum absolute atomic E-state index is 12.3. The van der Waals surface area contributed by atoms with Gasteiger partial charge in [-0.3, -0.25) is 9.67 Å². The van der Waals surface area contributed by atoms with E-state index in [2.05, 4.69) is 10.1 Å². The van der Waals surface area contributed by atoms with E-state index < -0.39 is 15.1 Å². The molecule has 7 nitrogen and oxygen atoms in total. The van der Waals surface area contributed by atoms with E-state index in [9.17, 15) is 8.42 Å². The van der Waals surface area contributed by atoms with Gasteiger partial charge in [0.05, 0.1) is 5.25 Å². The maximum atomic E-state index is 12.3. The molecule has 1 aliphatic heterocycles. The van der Waals surface area contributed by atoms with Crippen molar-refractivity contribution < 1.29 is 8.42 Å². The third-order valence-electron chi connectivity index (χ3n) is 2.84. The van der Waals surface area contributed by atoms with E-state index in [1.54, 1.807) is 44.3 Å². The number of anilines is 1. The minimum Gasteiger partial charge on any atom is -0.385 e. The molecule has 0 saturated carbocycles. The SMILES string of the molecule is CC(C)S(=O)(=O)c1nn(C)cc1N1CN=CC=C1N. The molecule has 0 spiro atoms. The lowest BCUT2D eigenvalue weighted by Crippen LogP contribution is -2.31. The van der Waals surface area contributed by atoms with Crippen molar-refractivity contribution in [2.45, 2.75) is 24.1 Å². The number of nitrogens with zero attached hydrogens (tertiary/aromatic N) is 4. The van der Waals surface area contributed by atoms with Gasteiger partial charge in [0.25, 0.3) is 0 Å². The van der Waals surface area contributed by atoms with Crippen LogP contribution in [0.4, 0.5) is 5.69 Å². The molecule has 0 bridgehead atoms. The fourth-order valence-corrected chi connectivity index (χ4v) is 2.85. The largest absolute Gasteiger partial charge is 0.385 e. The molecule has 0 atom stereocenters. The van der Waals surface area contributed by atoms with E-state index in [1.807, 2.05) is 0 Å². The van der Waals surface area contributed by atoms with Crippen molar-refractivity contribution in [1.29, 1.82) is 0 Å². The van der Waals surface area contributed by atoms with Crippen LogP contribution in [0.15, 0.2) is 28.1 Å². The van der Waals surface area contributed by atoms with Crippen LogP contribution in [0.3, 0.4) is 0 Å². The van der Waals surface area contributed by atoms with Crippen molar-refractivity contribution in [2.24, 2.45) is 17.8 Å². The molecule has 0 saturated heterocycles. The topological polar surface area (TPSA) is 93.6 Å². The first kappa shape index (κ1) is 13.6. The van der Waals surface area contributed by atoms with Crippen LogP contribution in [0.25, 0.3) is 0 Å². The summed E-state index contributed by atoms with van der Waals surface area (Å²) in [6, 6.07) is 0. The number of rotatable bonds is 3. The van der Waals surface area contributed by atoms with Crippen LogP contribution < -0.4 is 10.6 Å². The van der Waals surface area contributed by atoms with Crippen LogP contribution in [0.2, 0.25) is 0 Å². The van der Waals surface area contributed by atoms with Crippen molar-refractivity contribution in [1.82, 2.24) is 9.78 Å². The maximum Gasteiger partial charge on any atom is 0.201 e. The summed E-state index contributed by atoms with van der Waals surface area (Å²) in [5.41, 5.74) is 6.33. The predicted molar refractivity (Wildman–Crippen MR) is 73.6 cm³/mol. The van der Waals surface area contributed by atoms with Crippen LogP contribution in [-0.4, -0.2) is 36.3 Å². The average molecular weight is 283 g/mol. The molecule has 104 valence electrons. The van der Waals surface area contributed by atoms with Crippen LogP contribution in [0.1, 0.15) is 13.8 Å². The van der Waals surface area contributed by atoms with Crippen molar-refractivity contribution in [3.8, 4) is 0 Å². The van der Waals surface area contributed by atoms with E-state index in [-0.39, 0.29) is 11.7 Å². The lowest BCUT2D eigenvalue weighted by molar-refractivity contribution is 0.579. The van der Waals surface area contributed by atoms with Gasteiger partial charge in [0.1, 0.15) is 18.2 Å². The third-order valence-corrected chi connectivity index (χ3v) is 4.91. The van der Waals surface area contributed by atoms with Crippen molar-refractivity contribution in [3.05, 3.63) is 18.1 Å². The Labute approximate surface area is 112 Å². The average Bonchev–Trinajstić information content (AvgIpc) is 2.72. The molecule has 2 heterocycles. The summed E-state index contributed by atoms with van der Waals surface area (Å²) in [5.74, 6) is 0.447. The van der Waals surface area contributed by atoms with E-state index >= 15 is 0 Å². The zero-order valence-electron chi connectivity index (χ0n) is 11.1. The molecule has 19 heavy (non-hydrogen) atoms. The van der Waals surface area contributed by atoms with Gasteiger partial charge >= 0.3 is 0 Å². The molecule has 1 aromatic rings. The molecule has 1 aromatic heterocycles. The molecule has 2 N–H and O–H groups in total. The first-order chi connectivity index (χ1) is 8.84. The molecule has 0 aromatic carbocycles. The van der Waals surface area contributed by atoms with Crippen LogP contribution in [-0.2, 0) is 16.9 Å². The second-order valence-electron chi connectivity index (χ2n) is 4.58. The monoisotopic (exact) mass is 283 g/mol. The van der Waals surface area contributed by atoms with E-state index in [4.69, 9.17) is 5.73 Å². The fraction of sp³-hybridized carbons (Fsp3) is 0.455. The van der Waals surface area contributed by atoms with Gasteiger partial charge < -0.3 is 10.6 Å². The van der Waals surface area contributed by atoms with Crippen molar-refractivity contribution in [2.75, 3.05) is 11.6 Å². The summed E-state index contributed by atoms with van der Waals surface area (Å²) in [6.07, 6.45) is 4.86. The smallest absolute Gasteiger partial charge is 0.201 e. The molecule has 0 radical (unpaired) electrons. The van der Waals surface area contributed by atoms with Crippen LogP contribution >= 0.6 is 0 Å². The Morgan fingerprint density at radius 1 is 1.42 bits per heavy atom. The van der Waals surface area contributed by atoms with Gasteiger partial charge in [-0.2, -0.15) is 5.10 Å². The predicted octanol–water partition coefficient (Wildman–Crippen LogP) is 0.251. The summed E-state index contributed by atoms with van der Waals surface area (Å²) >= 11 is 0. The molecule has 0 aliphatic carbocycles. The molecule has 2 rings (SSSR count). The summed E-state index contributed by atoms with van der Waals surface area (Å²) < 4.78 is 26.1.